The van der Waals surface area contributed by atoms with Gasteiger partial charge in [-0.1, -0.05) is 32.1 Å². The van der Waals surface area contributed by atoms with Crippen LogP contribution in [0.1, 0.15) is 40.0 Å². The van der Waals surface area contributed by atoms with E-state index in [-0.39, 0.29) is 5.92 Å². The van der Waals surface area contributed by atoms with Crippen LogP contribution in [0.4, 0.5) is 0 Å². The molecule has 0 bridgehead atoms. The van der Waals surface area contributed by atoms with Gasteiger partial charge in [0.15, 0.2) is 0 Å². The van der Waals surface area contributed by atoms with Crippen LogP contribution in [0.5, 0.6) is 0 Å². The first kappa shape index (κ1) is 16.1. The number of rotatable bonds is 4. The molecule has 1 fully saturated rings. The predicted molar refractivity (Wildman–Crippen MR) is 77.7 cm³/mol. The molecule has 0 saturated carbocycles. The number of hydrogen-bond acceptors (Lipinski definition) is 2. The summed E-state index contributed by atoms with van der Waals surface area (Å²) in [5, 5.41) is 10.6. The topological polar surface area (TPSA) is 33.9 Å². The maximum absolute atomic E-state index is 10.6. The molecule has 19 heavy (non-hydrogen) atoms. The van der Waals surface area contributed by atoms with Crippen molar-refractivity contribution in [1.29, 1.82) is 0 Å². The minimum atomic E-state index is -0.854. The summed E-state index contributed by atoms with van der Waals surface area (Å²) >= 11 is 0. The third kappa shape index (κ3) is 4.89. The van der Waals surface area contributed by atoms with Gasteiger partial charge in [-0.05, 0) is 13.3 Å². The lowest BCUT2D eigenvalue weighted by Crippen LogP contribution is -3.15. The third-order valence-corrected chi connectivity index (χ3v) is 4.05. The maximum Gasteiger partial charge on any atom is 0.139 e. The van der Waals surface area contributed by atoms with Gasteiger partial charge in [-0.3, -0.25) is 0 Å². The number of hydrogen-bond donors (Lipinski definition) is 2. The van der Waals surface area contributed by atoms with E-state index in [1.807, 2.05) is 0 Å². The van der Waals surface area contributed by atoms with Gasteiger partial charge in [0.05, 0.1) is 32.5 Å². The Kier molecular flexibility index (Phi) is 6.41. The predicted octanol–water partition coefficient (Wildman–Crippen LogP) is 0.994. The van der Waals surface area contributed by atoms with Gasteiger partial charge in [-0.15, -0.1) is 0 Å². The van der Waals surface area contributed by atoms with Crippen LogP contribution in [0.2, 0.25) is 0 Å². The number of quaternary nitrogens is 1. The van der Waals surface area contributed by atoms with Crippen molar-refractivity contribution in [1.82, 2.24) is 0 Å². The monoisotopic (exact) mass is 266 g/mol. The minimum Gasteiger partial charge on any atom is -0.501 e. The summed E-state index contributed by atoms with van der Waals surface area (Å²) < 4.78 is 5.29. The lowest BCUT2D eigenvalue weighted by Gasteiger charge is -2.40. The van der Waals surface area contributed by atoms with Crippen molar-refractivity contribution in [3.8, 4) is 11.8 Å². The van der Waals surface area contributed by atoms with Gasteiger partial charge in [0.1, 0.15) is 5.60 Å². The van der Waals surface area contributed by atoms with Crippen molar-refractivity contribution < 1.29 is 14.7 Å². The molecule has 0 amide bonds. The first-order chi connectivity index (χ1) is 8.99. The van der Waals surface area contributed by atoms with Gasteiger partial charge in [0.25, 0.3) is 0 Å². The molecule has 2 N–H and O–H groups in total. The van der Waals surface area contributed by atoms with E-state index in [4.69, 9.17) is 4.74 Å². The molecule has 1 unspecified atom stereocenters. The first-order valence-electron chi connectivity index (χ1n) is 7.33. The molecule has 1 aliphatic rings. The fourth-order valence-corrected chi connectivity index (χ4v) is 2.41. The Morgan fingerprint density at radius 3 is 2.89 bits per heavy atom. The summed E-state index contributed by atoms with van der Waals surface area (Å²) in [4.78, 5) is 1.47. The molecule has 3 nitrogen and oxygen atoms in total. The van der Waals surface area contributed by atoms with Gasteiger partial charge < -0.3 is 14.7 Å². The van der Waals surface area contributed by atoms with Crippen LogP contribution in [0.3, 0.4) is 0 Å². The second kappa shape index (κ2) is 7.57. The summed E-state index contributed by atoms with van der Waals surface area (Å²) in [5.74, 6) is 6.14. The SMILES string of the molecule is CCCCO/C=C/C#C[C@]1(O)C[C@@H](C)[NH+](C)C[C@H]1C. The van der Waals surface area contributed by atoms with Crippen LogP contribution >= 0.6 is 0 Å². The molecular weight excluding hydrogens is 238 g/mol. The molecule has 0 aromatic heterocycles. The average Bonchev–Trinajstić information content (AvgIpc) is 2.36. The number of piperidine rings is 1. The third-order valence-electron chi connectivity index (χ3n) is 4.05. The molecule has 1 heterocycles. The average molecular weight is 266 g/mol. The molecule has 0 aromatic carbocycles. The lowest BCUT2D eigenvalue weighted by atomic mass is 9.79. The van der Waals surface area contributed by atoms with E-state index < -0.39 is 5.60 Å². The Balaban J connectivity index is 2.50. The fraction of sp³-hybridized carbons (Fsp3) is 0.750. The number of allylic oxidation sites excluding steroid dienone is 1. The summed E-state index contributed by atoms with van der Waals surface area (Å²) in [6.45, 7) is 8.07. The Hall–Kier alpha value is -0.980. The maximum atomic E-state index is 10.6. The van der Waals surface area contributed by atoms with Gasteiger partial charge in [-0.2, -0.15) is 0 Å². The van der Waals surface area contributed by atoms with Crippen LogP contribution in [0.25, 0.3) is 0 Å². The summed E-state index contributed by atoms with van der Waals surface area (Å²) in [6.07, 6.45) is 6.24. The number of aliphatic hydroxyl groups is 1. The van der Waals surface area contributed by atoms with Crippen molar-refractivity contribution in [3.05, 3.63) is 12.3 Å². The van der Waals surface area contributed by atoms with E-state index in [0.717, 1.165) is 32.4 Å². The number of ether oxygens (including phenoxy) is 1. The Morgan fingerprint density at radius 1 is 1.47 bits per heavy atom. The molecule has 1 aliphatic heterocycles. The summed E-state index contributed by atoms with van der Waals surface area (Å²) in [7, 11) is 2.18. The van der Waals surface area contributed by atoms with E-state index in [0.29, 0.717) is 6.04 Å². The molecule has 0 radical (unpaired) electrons. The molecular formula is C16H28NO2+. The van der Waals surface area contributed by atoms with Crippen molar-refractivity contribution in [3.63, 3.8) is 0 Å². The van der Waals surface area contributed by atoms with E-state index in [1.165, 1.54) is 4.90 Å². The van der Waals surface area contributed by atoms with Crippen LogP contribution < -0.4 is 4.90 Å². The van der Waals surface area contributed by atoms with E-state index in [1.54, 1.807) is 12.3 Å². The van der Waals surface area contributed by atoms with Crippen LogP contribution in [-0.4, -0.2) is 36.9 Å². The molecule has 3 heteroatoms. The smallest absolute Gasteiger partial charge is 0.139 e. The Labute approximate surface area is 117 Å². The molecule has 1 saturated heterocycles. The zero-order valence-corrected chi connectivity index (χ0v) is 12.7. The van der Waals surface area contributed by atoms with E-state index in [2.05, 4.69) is 39.7 Å². The van der Waals surface area contributed by atoms with Crippen molar-refractivity contribution in [2.75, 3.05) is 20.2 Å². The highest BCUT2D eigenvalue weighted by atomic mass is 16.5. The number of unbranched alkanes of at least 4 members (excludes halogenated alkanes) is 1. The quantitative estimate of drug-likeness (QED) is 0.452. The second-order valence-electron chi connectivity index (χ2n) is 5.78. The Morgan fingerprint density at radius 2 is 2.21 bits per heavy atom. The van der Waals surface area contributed by atoms with Crippen molar-refractivity contribution >= 4 is 0 Å². The van der Waals surface area contributed by atoms with Crippen LogP contribution in [-0.2, 0) is 4.74 Å². The summed E-state index contributed by atoms with van der Waals surface area (Å²) in [6, 6.07) is 0.445. The fourth-order valence-electron chi connectivity index (χ4n) is 2.41. The van der Waals surface area contributed by atoms with Gasteiger partial charge in [0, 0.05) is 18.4 Å². The summed E-state index contributed by atoms with van der Waals surface area (Å²) in [5.41, 5.74) is -0.854. The zero-order valence-electron chi connectivity index (χ0n) is 12.7. The molecule has 1 rings (SSSR count). The van der Waals surface area contributed by atoms with Crippen molar-refractivity contribution in [2.24, 2.45) is 5.92 Å². The normalized spacial score (nSPS) is 34.9. The van der Waals surface area contributed by atoms with E-state index in [9.17, 15) is 5.11 Å². The van der Waals surface area contributed by atoms with Crippen LogP contribution in [0, 0.1) is 17.8 Å². The highest BCUT2D eigenvalue weighted by molar-refractivity contribution is 5.23. The van der Waals surface area contributed by atoms with E-state index >= 15 is 0 Å². The lowest BCUT2D eigenvalue weighted by molar-refractivity contribution is -0.915. The van der Waals surface area contributed by atoms with Gasteiger partial charge in [0.2, 0.25) is 0 Å². The molecule has 108 valence electrons. The largest absolute Gasteiger partial charge is 0.501 e. The van der Waals surface area contributed by atoms with Crippen LogP contribution in [0.15, 0.2) is 12.3 Å². The number of nitrogens with one attached hydrogen (secondary N) is 1. The highest BCUT2D eigenvalue weighted by Crippen LogP contribution is 2.23. The molecule has 0 spiro atoms. The van der Waals surface area contributed by atoms with Gasteiger partial charge in [-0.25, -0.2) is 0 Å². The second-order valence-corrected chi connectivity index (χ2v) is 5.78. The molecule has 0 aliphatic carbocycles. The minimum absolute atomic E-state index is 0.200. The standard InChI is InChI=1S/C16H27NO2/c1-5-6-10-19-11-8-7-9-16(18)12-15(3)17(4)13-14(16)2/h8,11,14-15,18H,5-6,10,12-13H2,1-4H3/p+1/b11-8+/t14-,15-,16+/m1/s1. The molecule has 4 atom stereocenters. The molecule has 0 aromatic rings. The first-order valence-corrected chi connectivity index (χ1v) is 7.33. The van der Waals surface area contributed by atoms with Crippen molar-refractivity contribution in [2.45, 2.75) is 51.7 Å². The zero-order chi connectivity index (χ0) is 14.3. The Bertz CT molecular complexity index is 355. The highest BCUT2D eigenvalue weighted by Gasteiger charge is 2.42. The number of likely N-dealkylation sites (tertiary alicyclic amines) is 1. The van der Waals surface area contributed by atoms with Gasteiger partial charge >= 0.3 is 0 Å².